The lowest BCUT2D eigenvalue weighted by Crippen LogP contribution is -2.36. The summed E-state index contributed by atoms with van der Waals surface area (Å²) in [5.41, 5.74) is 0.973. The first-order valence-electron chi connectivity index (χ1n) is 8.11. The number of hydrogen-bond donors (Lipinski definition) is 0. The molecule has 0 aliphatic carbocycles. The van der Waals surface area contributed by atoms with E-state index >= 15 is 0 Å². The first-order valence-corrected chi connectivity index (χ1v) is 8.11. The van der Waals surface area contributed by atoms with Crippen LogP contribution < -0.4 is 9.80 Å². The fraction of sp³-hybridized carbons (Fsp3) is 0.750. The van der Waals surface area contributed by atoms with Gasteiger partial charge in [0.1, 0.15) is 18.0 Å². The minimum Gasteiger partial charge on any atom is -0.372 e. The molecule has 2 aliphatic heterocycles. The number of anilines is 2. The number of aryl methyl sites for hydroxylation is 1. The molecule has 7 nitrogen and oxygen atoms in total. The van der Waals surface area contributed by atoms with Crippen molar-refractivity contribution in [3.8, 4) is 0 Å². The van der Waals surface area contributed by atoms with Crippen LogP contribution in [0.1, 0.15) is 5.69 Å². The zero-order valence-electron chi connectivity index (χ0n) is 14.7. The van der Waals surface area contributed by atoms with Crippen LogP contribution in [0.5, 0.6) is 0 Å². The molecule has 23 heavy (non-hydrogen) atoms. The van der Waals surface area contributed by atoms with Gasteiger partial charge in [-0.1, -0.05) is 0 Å². The smallest absolute Gasteiger partial charge is 0.227 e. The summed E-state index contributed by atoms with van der Waals surface area (Å²) in [5.74, 6) is 1.69. The maximum Gasteiger partial charge on any atom is 0.227 e. The summed E-state index contributed by atoms with van der Waals surface area (Å²) in [4.78, 5) is 15.6. The molecular weight excluding hydrogens is 294 g/mol. The largest absolute Gasteiger partial charge is 0.372 e. The fourth-order valence-electron chi connectivity index (χ4n) is 2.95. The van der Waals surface area contributed by atoms with Gasteiger partial charge < -0.3 is 24.2 Å². The first kappa shape index (κ1) is 16.4. The average Bonchev–Trinajstić information content (AvgIpc) is 2.79. The number of ether oxygens (including phenoxy) is 2. The molecule has 128 valence electrons. The standard InChI is InChI=1S/C16H27N5O2/c1-11-6-15(20(4)5)18-16(17-11)21-7-13-14(8-21)23-10-12(9-22-13)19(2)3/h6,12-14H,7-10H2,1-5H3/t13-,14-/m0/s1. The summed E-state index contributed by atoms with van der Waals surface area (Å²) in [6.45, 7) is 4.97. The highest BCUT2D eigenvalue weighted by atomic mass is 16.6. The predicted molar refractivity (Wildman–Crippen MR) is 90.3 cm³/mol. The van der Waals surface area contributed by atoms with Crippen molar-refractivity contribution in [2.45, 2.75) is 25.2 Å². The van der Waals surface area contributed by atoms with Gasteiger partial charge in [0.05, 0.1) is 19.3 Å². The summed E-state index contributed by atoms with van der Waals surface area (Å²) < 4.78 is 12.2. The minimum absolute atomic E-state index is 0.0897. The van der Waals surface area contributed by atoms with Crippen molar-refractivity contribution >= 4 is 11.8 Å². The molecule has 2 aliphatic rings. The normalized spacial score (nSPS) is 25.6. The Morgan fingerprint density at radius 1 is 1.04 bits per heavy atom. The number of hydrogen-bond acceptors (Lipinski definition) is 7. The Bertz CT molecular complexity index is 535. The van der Waals surface area contributed by atoms with Gasteiger partial charge in [0.15, 0.2) is 0 Å². The lowest BCUT2D eigenvalue weighted by molar-refractivity contribution is -0.00461. The molecule has 0 spiro atoms. The molecule has 3 heterocycles. The second-order valence-electron chi connectivity index (χ2n) is 6.83. The minimum atomic E-state index is 0.0897. The highest BCUT2D eigenvalue weighted by Gasteiger charge is 2.38. The molecule has 7 heteroatoms. The van der Waals surface area contributed by atoms with E-state index in [0.717, 1.165) is 30.5 Å². The fourth-order valence-corrected chi connectivity index (χ4v) is 2.95. The van der Waals surface area contributed by atoms with E-state index in [0.29, 0.717) is 19.3 Å². The molecule has 0 bridgehead atoms. The van der Waals surface area contributed by atoms with E-state index in [4.69, 9.17) is 9.47 Å². The molecule has 0 saturated carbocycles. The highest BCUT2D eigenvalue weighted by Crippen LogP contribution is 2.25. The van der Waals surface area contributed by atoms with Gasteiger partial charge in [0, 0.05) is 38.9 Å². The average molecular weight is 321 g/mol. The topological polar surface area (TPSA) is 54.0 Å². The van der Waals surface area contributed by atoms with Gasteiger partial charge in [-0.2, -0.15) is 4.98 Å². The maximum absolute atomic E-state index is 6.09. The van der Waals surface area contributed by atoms with Gasteiger partial charge in [-0.15, -0.1) is 0 Å². The SMILES string of the molecule is Cc1cc(N(C)C)nc(N2C[C@@H]3OCC(N(C)C)CO[C@H]3C2)n1. The Kier molecular flexibility index (Phi) is 4.70. The quantitative estimate of drug-likeness (QED) is 0.798. The summed E-state index contributed by atoms with van der Waals surface area (Å²) in [6.07, 6.45) is 0.179. The number of fused-ring (bicyclic) bond motifs is 1. The van der Waals surface area contributed by atoms with Crippen LogP contribution in [0.25, 0.3) is 0 Å². The zero-order valence-corrected chi connectivity index (χ0v) is 14.7. The van der Waals surface area contributed by atoms with E-state index in [9.17, 15) is 0 Å². The molecule has 2 saturated heterocycles. The predicted octanol–water partition coefficient (Wildman–Crippen LogP) is 0.385. The maximum atomic E-state index is 6.09. The van der Waals surface area contributed by atoms with Gasteiger partial charge in [0.2, 0.25) is 5.95 Å². The number of likely N-dealkylation sites (N-methyl/N-ethyl adjacent to an activating group) is 1. The van der Waals surface area contributed by atoms with E-state index in [2.05, 4.69) is 33.9 Å². The Labute approximate surface area is 138 Å². The second kappa shape index (κ2) is 6.59. The molecule has 1 aromatic rings. The lowest BCUT2D eigenvalue weighted by atomic mass is 10.3. The van der Waals surface area contributed by atoms with E-state index in [1.807, 2.05) is 32.0 Å². The molecule has 2 fully saturated rings. The summed E-state index contributed by atoms with van der Waals surface area (Å²) in [5, 5.41) is 0. The van der Waals surface area contributed by atoms with Crippen LogP contribution in [0.4, 0.5) is 11.8 Å². The third-order valence-corrected chi connectivity index (χ3v) is 4.52. The monoisotopic (exact) mass is 321 g/mol. The van der Waals surface area contributed by atoms with Gasteiger partial charge in [-0.05, 0) is 21.0 Å². The van der Waals surface area contributed by atoms with Crippen molar-refractivity contribution in [2.75, 3.05) is 64.3 Å². The number of rotatable bonds is 3. The third kappa shape index (κ3) is 3.57. The van der Waals surface area contributed by atoms with Gasteiger partial charge in [0.25, 0.3) is 0 Å². The second-order valence-corrected chi connectivity index (χ2v) is 6.83. The van der Waals surface area contributed by atoms with Crippen LogP contribution in [0.3, 0.4) is 0 Å². The molecular formula is C16H27N5O2. The molecule has 2 atom stereocenters. The van der Waals surface area contributed by atoms with E-state index in [1.165, 1.54) is 0 Å². The van der Waals surface area contributed by atoms with Crippen molar-refractivity contribution < 1.29 is 9.47 Å². The van der Waals surface area contributed by atoms with Gasteiger partial charge >= 0.3 is 0 Å². The van der Waals surface area contributed by atoms with E-state index in [1.54, 1.807) is 0 Å². The molecule has 0 amide bonds. The van der Waals surface area contributed by atoms with Gasteiger partial charge in [-0.25, -0.2) is 4.98 Å². The van der Waals surface area contributed by atoms with Crippen LogP contribution in [-0.2, 0) is 9.47 Å². The summed E-state index contributed by atoms with van der Waals surface area (Å²) >= 11 is 0. The zero-order chi connectivity index (χ0) is 16.6. The Morgan fingerprint density at radius 2 is 1.65 bits per heavy atom. The van der Waals surface area contributed by atoms with Crippen molar-refractivity contribution in [1.82, 2.24) is 14.9 Å². The van der Waals surface area contributed by atoms with Crippen molar-refractivity contribution in [2.24, 2.45) is 0 Å². The number of aromatic nitrogens is 2. The first-order chi connectivity index (χ1) is 10.9. The van der Waals surface area contributed by atoms with Crippen LogP contribution in [0, 0.1) is 6.92 Å². The Hall–Kier alpha value is -1.44. The lowest BCUT2D eigenvalue weighted by Gasteiger charge is -2.23. The molecule has 1 aromatic heterocycles. The van der Waals surface area contributed by atoms with Crippen LogP contribution in [0.15, 0.2) is 6.07 Å². The molecule has 0 aromatic carbocycles. The van der Waals surface area contributed by atoms with Crippen molar-refractivity contribution in [1.29, 1.82) is 0 Å². The van der Waals surface area contributed by atoms with Crippen molar-refractivity contribution in [3.05, 3.63) is 11.8 Å². The van der Waals surface area contributed by atoms with Crippen molar-refractivity contribution in [3.63, 3.8) is 0 Å². The van der Waals surface area contributed by atoms with Crippen LogP contribution in [0.2, 0.25) is 0 Å². The highest BCUT2D eigenvalue weighted by molar-refractivity contribution is 5.45. The molecule has 0 radical (unpaired) electrons. The number of nitrogens with zero attached hydrogens (tertiary/aromatic N) is 5. The van der Waals surface area contributed by atoms with E-state index < -0.39 is 0 Å². The Balaban J connectivity index is 1.72. The van der Waals surface area contributed by atoms with Crippen LogP contribution in [-0.4, -0.2) is 87.6 Å². The van der Waals surface area contributed by atoms with E-state index in [-0.39, 0.29) is 12.2 Å². The molecule has 0 N–H and O–H groups in total. The Morgan fingerprint density at radius 3 is 2.17 bits per heavy atom. The molecule has 0 unspecified atom stereocenters. The summed E-state index contributed by atoms with van der Waals surface area (Å²) in [6, 6.07) is 2.32. The van der Waals surface area contributed by atoms with Crippen LogP contribution >= 0.6 is 0 Å². The summed E-state index contributed by atoms with van der Waals surface area (Å²) in [7, 11) is 8.11. The third-order valence-electron chi connectivity index (χ3n) is 4.52. The molecule has 3 rings (SSSR count). The van der Waals surface area contributed by atoms with Gasteiger partial charge in [-0.3, -0.25) is 0 Å².